The maximum atomic E-state index is 12.1. The number of thioether (sulfide) groups is 1. The summed E-state index contributed by atoms with van der Waals surface area (Å²) in [6.07, 6.45) is 0.746. The third-order valence-electron chi connectivity index (χ3n) is 2.95. The number of H-pyrrole nitrogens is 1. The van der Waals surface area contributed by atoms with Crippen molar-refractivity contribution in [3.8, 4) is 0 Å². The number of aromatic amines is 1. The van der Waals surface area contributed by atoms with E-state index >= 15 is 0 Å². The van der Waals surface area contributed by atoms with E-state index in [0.29, 0.717) is 24.0 Å². The molecule has 1 amide bonds. The highest BCUT2D eigenvalue weighted by molar-refractivity contribution is 7.99. The van der Waals surface area contributed by atoms with Gasteiger partial charge in [0.05, 0.1) is 5.75 Å². The molecule has 0 spiro atoms. The van der Waals surface area contributed by atoms with Crippen LogP contribution in [0.1, 0.15) is 24.5 Å². The number of likely N-dealkylation sites (N-methyl/N-ethyl adjacent to an activating group) is 1. The summed E-state index contributed by atoms with van der Waals surface area (Å²) in [4.78, 5) is 19.6. The molecule has 0 radical (unpaired) electrons. The number of hydrogen-bond donors (Lipinski definition) is 1. The van der Waals surface area contributed by atoms with E-state index in [1.54, 1.807) is 16.2 Å². The monoisotopic (exact) mass is 336 g/mol. The highest BCUT2D eigenvalue weighted by atomic mass is 32.2. The second-order valence-electron chi connectivity index (χ2n) is 4.97. The normalized spacial score (nSPS) is 10.6. The molecule has 5 nitrogen and oxygen atoms in total. The molecule has 0 aliphatic rings. The zero-order valence-corrected chi connectivity index (χ0v) is 14.5. The van der Waals surface area contributed by atoms with Gasteiger partial charge in [0.25, 0.3) is 0 Å². The van der Waals surface area contributed by atoms with Gasteiger partial charge in [-0.3, -0.25) is 9.89 Å². The summed E-state index contributed by atoms with van der Waals surface area (Å²) >= 11 is 3.06. The van der Waals surface area contributed by atoms with Crippen molar-refractivity contribution in [2.24, 2.45) is 0 Å². The van der Waals surface area contributed by atoms with Crippen LogP contribution in [0.25, 0.3) is 0 Å². The Morgan fingerprint density at radius 2 is 2.36 bits per heavy atom. The topological polar surface area (TPSA) is 61.9 Å². The lowest BCUT2D eigenvalue weighted by Gasteiger charge is -2.20. The van der Waals surface area contributed by atoms with E-state index in [2.05, 4.69) is 27.8 Å². The second-order valence-corrected chi connectivity index (χ2v) is 6.95. The van der Waals surface area contributed by atoms with Crippen LogP contribution in [0.2, 0.25) is 0 Å². The summed E-state index contributed by atoms with van der Waals surface area (Å²) in [5.74, 6) is 1.25. The molecule has 7 heteroatoms. The van der Waals surface area contributed by atoms with E-state index in [0.717, 1.165) is 17.8 Å². The fourth-order valence-corrected chi connectivity index (χ4v) is 3.35. The molecule has 0 fully saturated rings. The number of aromatic nitrogens is 3. The van der Waals surface area contributed by atoms with Crippen molar-refractivity contribution >= 4 is 29.0 Å². The number of amides is 1. The van der Waals surface area contributed by atoms with E-state index in [1.807, 2.05) is 25.3 Å². The van der Waals surface area contributed by atoms with Gasteiger partial charge < -0.3 is 4.90 Å². The number of nitrogens with zero attached hydrogens (tertiary/aromatic N) is 3. The van der Waals surface area contributed by atoms with E-state index in [1.165, 1.54) is 16.6 Å². The zero-order chi connectivity index (χ0) is 15.9. The Bertz CT molecular complexity index is 621. The van der Waals surface area contributed by atoms with Gasteiger partial charge in [0.15, 0.2) is 0 Å². The Morgan fingerprint density at radius 1 is 1.55 bits per heavy atom. The maximum absolute atomic E-state index is 12.1. The largest absolute Gasteiger partial charge is 0.338 e. The first-order valence-corrected chi connectivity index (χ1v) is 8.93. The fourth-order valence-electron chi connectivity index (χ4n) is 1.92. The van der Waals surface area contributed by atoms with E-state index in [-0.39, 0.29) is 5.91 Å². The number of hydrogen-bond acceptors (Lipinski definition) is 5. The quantitative estimate of drug-likeness (QED) is 0.595. The van der Waals surface area contributed by atoms with Crippen LogP contribution < -0.4 is 0 Å². The number of thiophene rings is 1. The van der Waals surface area contributed by atoms with Crippen molar-refractivity contribution < 1.29 is 4.79 Å². The van der Waals surface area contributed by atoms with Crippen molar-refractivity contribution in [1.29, 1.82) is 0 Å². The average Bonchev–Trinajstić information content (AvgIpc) is 3.14. The minimum atomic E-state index is 0.0834. The standard InChI is InChI=1S/C15H20N4OS2/c1-4-19(9-11(2)3)14(20)10-22-15-16-13(17-18-15)8-12-6-5-7-21-12/h5-7H,2,4,8-10H2,1,3H3,(H,16,17,18). The maximum Gasteiger partial charge on any atom is 0.233 e. The molecule has 2 aromatic heterocycles. The summed E-state index contributed by atoms with van der Waals surface area (Å²) in [6.45, 7) is 9.04. The number of carbonyl (C=O) groups excluding carboxylic acids is 1. The molecule has 2 heterocycles. The molecule has 0 aliphatic heterocycles. The minimum absolute atomic E-state index is 0.0834. The van der Waals surface area contributed by atoms with Crippen LogP contribution in [0.4, 0.5) is 0 Å². The summed E-state index contributed by atoms with van der Waals surface area (Å²) in [5, 5.41) is 9.75. The average molecular weight is 336 g/mol. The van der Waals surface area contributed by atoms with Crippen LogP contribution in [0.15, 0.2) is 34.8 Å². The third kappa shape index (κ3) is 4.99. The van der Waals surface area contributed by atoms with Gasteiger partial charge in [0.2, 0.25) is 11.1 Å². The van der Waals surface area contributed by atoms with Crippen LogP contribution in [-0.4, -0.2) is 44.8 Å². The van der Waals surface area contributed by atoms with Crippen LogP contribution in [0.3, 0.4) is 0 Å². The molecule has 118 valence electrons. The first kappa shape index (κ1) is 16.8. The molecule has 0 aromatic carbocycles. The number of carbonyl (C=O) groups is 1. The van der Waals surface area contributed by atoms with Gasteiger partial charge >= 0.3 is 0 Å². The molecule has 0 aliphatic carbocycles. The molecule has 0 bridgehead atoms. The van der Waals surface area contributed by atoms with Crippen molar-refractivity contribution in [3.63, 3.8) is 0 Å². The van der Waals surface area contributed by atoms with E-state index < -0.39 is 0 Å². The SMILES string of the molecule is C=C(C)CN(CC)C(=O)CSc1n[nH]c(Cc2cccs2)n1. The Morgan fingerprint density at radius 3 is 3.00 bits per heavy atom. The van der Waals surface area contributed by atoms with Crippen molar-refractivity contribution in [1.82, 2.24) is 20.1 Å². The lowest BCUT2D eigenvalue weighted by Crippen LogP contribution is -2.33. The van der Waals surface area contributed by atoms with Gasteiger partial charge in [0.1, 0.15) is 5.82 Å². The van der Waals surface area contributed by atoms with Gasteiger partial charge in [-0.1, -0.05) is 30.0 Å². The molecule has 2 aromatic rings. The van der Waals surface area contributed by atoms with Gasteiger partial charge in [-0.05, 0) is 25.3 Å². The highest BCUT2D eigenvalue weighted by Gasteiger charge is 2.14. The predicted molar refractivity (Wildman–Crippen MR) is 91.3 cm³/mol. The first-order valence-electron chi connectivity index (χ1n) is 7.07. The summed E-state index contributed by atoms with van der Waals surface area (Å²) in [5.41, 5.74) is 0.983. The lowest BCUT2D eigenvalue weighted by atomic mass is 10.3. The Kier molecular flexibility index (Phi) is 6.21. The van der Waals surface area contributed by atoms with E-state index in [9.17, 15) is 4.79 Å². The summed E-state index contributed by atoms with van der Waals surface area (Å²) < 4.78 is 0. The Balaban J connectivity index is 1.85. The predicted octanol–water partition coefficient (Wildman–Crippen LogP) is 2.97. The molecular formula is C15H20N4OS2. The van der Waals surface area contributed by atoms with Gasteiger partial charge in [-0.15, -0.1) is 16.4 Å². The third-order valence-corrected chi connectivity index (χ3v) is 4.66. The molecule has 0 atom stereocenters. The smallest absolute Gasteiger partial charge is 0.233 e. The fraction of sp³-hybridized carbons (Fsp3) is 0.400. The molecule has 2 rings (SSSR count). The molecular weight excluding hydrogens is 316 g/mol. The Labute approximate surface area is 138 Å². The molecule has 0 saturated carbocycles. The molecule has 0 unspecified atom stereocenters. The second kappa shape index (κ2) is 8.14. The van der Waals surface area contributed by atoms with Crippen molar-refractivity contribution in [2.45, 2.75) is 25.4 Å². The van der Waals surface area contributed by atoms with Gasteiger partial charge in [0, 0.05) is 24.4 Å². The Hall–Kier alpha value is -1.60. The highest BCUT2D eigenvalue weighted by Crippen LogP contribution is 2.16. The summed E-state index contributed by atoms with van der Waals surface area (Å²) in [6, 6.07) is 4.09. The number of nitrogens with one attached hydrogen (secondary N) is 1. The van der Waals surface area contributed by atoms with Crippen LogP contribution in [-0.2, 0) is 11.2 Å². The molecule has 0 saturated heterocycles. The van der Waals surface area contributed by atoms with Crippen LogP contribution in [0, 0.1) is 0 Å². The number of rotatable bonds is 8. The van der Waals surface area contributed by atoms with Gasteiger partial charge in [-0.25, -0.2) is 4.98 Å². The zero-order valence-electron chi connectivity index (χ0n) is 12.8. The minimum Gasteiger partial charge on any atom is -0.338 e. The van der Waals surface area contributed by atoms with Crippen LogP contribution in [0.5, 0.6) is 0 Å². The molecule has 1 N–H and O–H groups in total. The first-order chi connectivity index (χ1) is 10.6. The van der Waals surface area contributed by atoms with E-state index in [4.69, 9.17) is 0 Å². The van der Waals surface area contributed by atoms with Crippen molar-refractivity contribution in [2.75, 3.05) is 18.8 Å². The van der Waals surface area contributed by atoms with Gasteiger partial charge in [-0.2, -0.15) is 0 Å². The summed E-state index contributed by atoms with van der Waals surface area (Å²) in [7, 11) is 0. The van der Waals surface area contributed by atoms with Crippen LogP contribution >= 0.6 is 23.1 Å². The molecule has 22 heavy (non-hydrogen) atoms. The lowest BCUT2D eigenvalue weighted by molar-refractivity contribution is -0.127. The van der Waals surface area contributed by atoms with Crippen molar-refractivity contribution in [3.05, 3.63) is 40.4 Å².